The first-order valence-corrected chi connectivity index (χ1v) is 10.6. The summed E-state index contributed by atoms with van der Waals surface area (Å²) < 4.78 is 13.0. The topological polar surface area (TPSA) is 52.4 Å². The molecule has 3 aromatic rings. The van der Waals surface area contributed by atoms with Gasteiger partial charge in [0.2, 0.25) is 0 Å². The molecule has 4 rings (SSSR count). The van der Waals surface area contributed by atoms with E-state index in [1.54, 1.807) is 10.7 Å². The molecule has 0 spiro atoms. The Kier molecular flexibility index (Phi) is 6.25. The van der Waals surface area contributed by atoms with E-state index < -0.39 is 0 Å². The molecular formula is C21H24Cl2N4O2. The summed E-state index contributed by atoms with van der Waals surface area (Å²) in [5.41, 5.74) is 1.61. The lowest BCUT2D eigenvalue weighted by molar-refractivity contribution is 0.0322. The van der Waals surface area contributed by atoms with Gasteiger partial charge in [-0.05, 0) is 24.1 Å². The highest BCUT2D eigenvalue weighted by molar-refractivity contribution is 6.40. The standard InChI is InChI=1S/C21H24Cl2N4O2/c1-14(2)17-5-6-27(25-17)19-13-16(22)15-3-4-18(20(23)21(15)24-19)29-12-9-26-7-10-28-11-8-26/h3-6,13-14H,7-12H2,1-2H3. The molecule has 0 saturated carbocycles. The first kappa shape index (κ1) is 20.4. The summed E-state index contributed by atoms with van der Waals surface area (Å²) in [4.78, 5) is 7.03. The molecule has 0 aliphatic carbocycles. The molecule has 0 amide bonds. The van der Waals surface area contributed by atoms with Crippen LogP contribution in [-0.2, 0) is 4.74 Å². The molecule has 1 aliphatic heterocycles. The van der Waals surface area contributed by atoms with Crippen molar-refractivity contribution in [3.63, 3.8) is 0 Å². The average molecular weight is 435 g/mol. The number of nitrogens with zero attached hydrogens (tertiary/aromatic N) is 4. The second-order valence-corrected chi connectivity index (χ2v) is 8.16. The maximum Gasteiger partial charge on any atom is 0.155 e. The number of ether oxygens (including phenoxy) is 2. The quantitative estimate of drug-likeness (QED) is 0.568. The largest absolute Gasteiger partial charge is 0.491 e. The molecule has 0 bridgehead atoms. The van der Waals surface area contributed by atoms with Gasteiger partial charge in [0.25, 0.3) is 0 Å². The van der Waals surface area contributed by atoms with Crippen molar-refractivity contribution >= 4 is 34.1 Å². The number of morpholine rings is 1. The van der Waals surface area contributed by atoms with E-state index in [0.29, 0.717) is 39.7 Å². The second-order valence-electron chi connectivity index (χ2n) is 7.38. The highest BCUT2D eigenvalue weighted by atomic mass is 35.5. The maximum atomic E-state index is 6.64. The third-order valence-corrected chi connectivity index (χ3v) is 5.70. The number of hydrogen-bond acceptors (Lipinski definition) is 5. The van der Waals surface area contributed by atoms with E-state index in [9.17, 15) is 0 Å². The molecule has 1 fully saturated rings. The van der Waals surface area contributed by atoms with Gasteiger partial charge in [0, 0.05) is 37.3 Å². The van der Waals surface area contributed by atoms with Crippen LogP contribution in [0.15, 0.2) is 30.5 Å². The Morgan fingerprint density at radius 3 is 2.69 bits per heavy atom. The van der Waals surface area contributed by atoms with Gasteiger partial charge in [-0.25, -0.2) is 9.67 Å². The first-order valence-electron chi connectivity index (χ1n) is 9.80. The van der Waals surface area contributed by atoms with Gasteiger partial charge in [0.1, 0.15) is 17.4 Å². The molecule has 8 heteroatoms. The average Bonchev–Trinajstić information content (AvgIpc) is 3.21. The summed E-state index contributed by atoms with van der Waals surface area (Å²) in [6.07, 6.45) is 1.89. The Balaban J connectivity index is 1.58. The van der Waals surface area contributed by atoms with Gasteiger partial charge in [-0.15, -0.1) is 0 Å². The van der Waals surface area contributed by atoms with Crippen LogP contribution in [0.1, 0.15) is 25.5 Å². The molecule has 3 heterocycles. The van der Waals surface area contributed by atoms with Crippen LogP contribution in [-0.4, -0.2) is 59.1 Å². The first-order chi connectivity index (χ1) is 14.0. The van der Waals surface area contributed by atoms with E-state index in [2.05, 4.69) is 23.8 Å². The van der Waals surface area contributed by atoms with Crippen LogP contribution in [0.25, 0.3) is 16.7 Å². The number of pyridine rings is 1. The third kappa shape index (κ3) is 4.51. The normalized spacial score (nSPS) is 15.3. The summed E-state index contributed by atoms with van der Waals surface area (Å²) in [7, 11) is 0. The molecule has 154 valence electrons. The SMILES string of the molecule is CC(C)c1ccn(-c2cc(Cl)c3ccc(OCCN4CCOCC4)c(Cl)c3n2)n1. The highest BCUT2D eigenvalue weighted by Crippen LogP contribution is 2.35. The van der Waals surface area contributed by atoms with Gasteiger partial charge < -0.3 is 9.47 Å². The van der Waals surface area contributed by atoms with Crippen molar-refractivity contribution in [2.24, 2.45) is 0 Å². The highest BCUT2D eigenvalue weighted by Gasteiger charge is 2.15. The van der Waals surface area contributed by atoms with Gasteiger partial charge in [0.05, 0.1) is 29.4 Å². The smallest absolute Gasteiger partial charge is 0.155 e. The number of fused-ring (bicyclic) bond motifs is 1. The zero-order valence-corrected chi connectivity index (χ0v) is 18.1. The molecule has 2 aromatic heterocycles. The minimum Gasteiger partial charge on any atom is -0.491 e. The lowest BCUT2D eigenvalue weighted by atomic mass is 10.1. The summed E-state index contributed by atoms with van der Waals surface area (Å²) in [5.74, 6) is 1.57. The van der Waals surface area contributed by atoms with Crippen LogP contribution in [0.4, 0.5) is 0 Å². The molecule has 0 N–H and O–H groups in total. The summed E-state index contributed by atoms with van der Waals surface area (Å²) in [6.45, 7) is 8.99. The lowest BCUT2D eigenvalue weighted by Crippen LogP contribution is -2.38. The molecule has 0 radical (unpaired) electrons. The van der Waals surface area contributed by atoms with Gasteiger partial charge in [-0.1, -0.05) is 37.0 Å². The summed E-state index contributed by atoms with van der Waals surface area (Å²) in [6, 6.07) is 7.53. The zero-order valence-electron chi connectivity index (χ0n) is 16.6. The van der Waals surface area contributed by atoms with Gasteiger partial charge in [-0.3, -0.25) is 4.90 Å². The number of rotatable bonds is 6. The molecule has 0 unspecified atom stereocenters. The van der Waals surface area contributed by atoms with Crippen molar-refractivity contribution in [2.45, 2.75) is 19.8 Å². The molecular weight excluding hydrogens is 411 g/mol. The fraction of sp³-hybridized carbons (Fsp3) is 0.429. The van der Waals surface area contributed by atoms with E-state index in [-0.39, 0.29) is 0 Å². The fourth-order valence-electron chi connectivity index (χ4n) is 3.30. The summed E-state index contributed by atoms with van der Waals surface area (Å²) >= 11 is 13.2. The number of halogens is 2. The molecule has 1 saturated heterocycles. The van der Waals surface area contributed by atoms with Crippen LogP contribution >= 0.6 is 23.2 Å². The monoisotopic (exact) mass is 434 g/mol. The van der Waals surface area contributed by atoms with Crippen molar-refractivity contribution in [1.82, 2.24) is 19.7 Å². The molecule has 0 atom stereocenters. The van der Waals surface area contributed by atoms with E-state index in [1.165, 1.54) is 0 Å². The van der Waals surface area contributed by atoms with Gasteiger partial charge in [0.15, 0.2) is 5.82 Å². The van der Waals surface area contributed by atoms with Crippen LogP contribution in [0.2, 0.25) is 10.0 Å². The van der Waals surface area contributed by atoms with Crippen molar-refractivity contribution in [1.29, 1.82) is 0 Å². The fourth-order valence-corrected chi connectivity index (χ4v) is 3.81. The number of hydrogen-bond donors (Lipinski definition) is 0. The Morgan fingerprint density at radius 2 is 1.97 bits per heavy atom. The number of benzene rings is 1. The minimum absolute atomic E-state index is 0.335. The molecule has 6 nitrogen and oxygen atoms in total. The van der Waals surface area contributed by atoms with Gasteiger partial charge in [-0.2, -0.15) is 5.10 Å². The van der Waals surface area contributed by atoms with E-state index in [4.69, 9.17) is 37.7 Å². The van der Waals surface area contributed by atoms with Crippen LogP contribution in [0.5, 0.6) is 5.75 Å². The Morgan fingerprint density at radius 1 is 1.17 bits per heavy atom. The van der Waals surface area contributed by atoms with Crippen molar-refractivity contribution in [3.8, 4) is 11.6 Å². The Labute approximate surface area is 180 Å². The number of aromatic nitrogens is 3. The lowest BCUT2D eigenvalue weighted by Gasteiger charge is -2.26. The van der Waals surface area contributed by atoms with Crippen molar-refractivity contribution in [2.75, 3.05) is 39.5 Å². The van der Waals surface area contributed by atoms with E-state index >= 15 is 0 Å². The Hall–Kier alpha value is -1.86. The predicted molar refractivity (Wildman–Crippen MR) is 116 cm³/mol. The van der Waals surface area contributed by atoms with Crippen molar-refractivity contribution < 1.29 is 9.47 Å². The van der Waals surface area contributed by atoms with Crippen LogP contribution < -0.4 is 4.74 Å². The van der Waals surface area contributed by atoms with Crippen molar-refractivity contribution in [3.05, 3.63) is 46.2 Å². The van der Waals surface area contributed by atoms with E-state index in [0.717, 1.165) is 43.9 Å². The molecule has 1 aromatic carbocycles. The molecule has 29 heavy (non-hydrogen) atoms. The summed E-state index contributed by atoms with van der Waals surface area (Å²) in [5, 5.41) is 6.42. The zero-order chi connectivity index (χ0) is 20.4. The maximum absolute atomic E-state index is 6.64. The molecule has 1 aliphatic rings. The van der Waals surface area contributed by atoms with Crippen LogP contribution in [0, 0.1) is 0 Å². The van der Waals surface area contributed by atoms with Crippen LogP contribution in [0.3, 0.4) is 0 Å². The van der Waals surface area contributed by atoms with E-state index in [1.807, 2.05) is 24.4 Å². The minimum atomic E-state index is 0.335. The third-order valence-electron chi connectivity index (χ3n) is 5.02. The second kappa shape index (κ2) is 8.88. The van der Waals surface area contributed by atoms with Gasteiger partial charge >= 0.3 is 0 Å². The Bertz CT molecular complexity index is 1000. The predicted octanol–water partition coefficient (Wildman–Crippen LogP) is 4.56.